The summed E-state index contributed by atoms with van der Waals surface area (Å²) in [7, 11) is 0. The van der Waals surface area contributed by atoms with Crippen molar-refractivity contribution >= 4 is 5.91 Å². The number of rotatable bonds is 6. The highest BCUT2D eigenvalue weighted by molar-refractivity contribution is 5.76. The Kier molecular flexibility index (Phi) is 4.39. The molecule has 3 heteroatoms. The molecule has 0 aliphatic heterocycles. The van der Waals surface area contributed by atoms with Gasteiger partial charge < -0.3 is 11.1 Å². The van der Waals surface area contributed by atoms with Crippen LogP contribution in [0.5, 0.6) is 0 Å². The largest absolute Gasteiger partial charge is 0.356 e. The number of carbonyl (C=O) groups is 1. The van der Waals surface area contributed by atoms with Gasteiger partial charge in [0, 0.05) is 19.0 Å². The molecule has 0 spiro atoms. The second-order valence-corrected chi connectivity index (χ2v) is 4.52. The summed E-state index contributed by atoms with van der Waals surface area (Å²) in [6, 6.07) is 0.0898. The molecule has 1 aliphatic carbocycles. The summed E-state index contributed by atoms with van der Waals surface area (Å²) in [5.41, 5.74) is 5.86. The molecule has 1 amide bonds. The van der Waals surface area contributed by atoms with E-state index < -0.39 is 0 Å². The molecule has 0 radical (unpaired) electrons. The number of nitrogens with one attached hydrogen (secondary N) is 1. The summed E-state index contributed by atoms with van der Waals surface area (Å²) in [6.45, 7) is 5.06. The molecule has 1 aliphatic rings. The van der Waals surface area contributed by atoms with E-state index in [-0.39, 0.29) is 11.9 Å². The van der Waals surface area contributed by atoms with Gasteiger partial charge in [-0.15, -0.1) is 0 Å². The fraction of sp³-hybridized carbons (Fsp3) is 0.909. The molecule has 2 unspecified atom stereocenters. The van der Waals surface area contributed by atoms with Crippen molar-refractivity contribution in [3.05, 3.63) is 0 Å². The number of nitrogens with two attached hydrogens (primary N) is 1. The Bertz CT molecular complexity index is 190. The Morgan fingerprint density at radius 3 is 2.71 bits per heavy atom. The van der Waals surface area contributed by atoms with Crippen LogP contribution in [-0.2, 0) is 4.79 Å². The topological polar surface area (TPSA) is 55.1 Å². The third-order valence-electron chi connectivity index (χ3n) is 2.99. The van der Waals surface area contributed by atoms with Crippen molar-refractivity contribution in [1.82, 2.24) is 5.32 Å². The van der Waals surface area contributed by atoms with Crippen molar-refractivity contribution < 1.29 is 4.79 Å². The molecule has 82 valence electrons. The van der Waals surface area contributed by atoms with Crippen molar-refractivity contribution in [1.29, 1.82) is 0 Å². The van der Waals surface area contributed by atoms with Crippen LogP contribution in [0.3, 0.4) is 0 Å². The van der Waals surface area contributed by atoms with E-state index in [0.29, 0.717) is 18.3 Å². The zero-order valence-corrected chi connectivity index (χ0v) is 9.25. The first kappa shape index (κ1) is 11.5. The number of amides is 1. The summed E-state index contributed by atoms with van der Waals surface area (Å²) in [4.78, 5) is 11.4. The van der Waals surface area contributed by atoms with Gasteiger partial charge in [0.15, 0.2) is 0 Å². The van der Waals surface area contributed by atoms with Crippen molar-refractivity contribution in [2.24, 2.45) is 17.6 Å². The summed E-state index contributed by atoms with van der Waals surface area (Å²) < 4.78 is 0. The minimum atomic E-state index is 0.0898. The summed E-state index contributed by atoms with van der Waals surface area (Å²) in [5.74, 6) is 1.30. The fourth-order valence-electron chi connectivity index (χ4n) is 1.41. The highest BCUT2D eigenvalue weighted by Crippen LogP contribution is 2.32. The van der Waals surface area contributed by atoms with Crippen LogP contribution in [0, 0.1) is 11.8 Å². The van der Waals surface area contributed by atoms with Crippen molar-refractivity contribution in [2.75, 3.05) is 6.54 Å². The third kappa shape index (κ3) is 4.09. The lowest BCUT2D eigenvalue weighted by atomic mass is 10.1. The first-order valence-corrected chi connectivity index (χ1v) is 5.65. The summed E-state index contributed by atoms with van der Waals surface area (Å²) in [5, 5.41) is 2.93. The van der Waals surface area contributed by atoms with Gasteiger partial charge in [-0.3, -0.25) is 4.79 Å². The monoisotopic (exact) mass is 198 g/mol. The molecular formula is C11H22N2O. The van der Waals surface area contributed by atoms with E-state index in [1.54, 1.807) is 0 Å². The number of hydrogen-bond acceptors (Lipinski definition) is 2. The van der Waals surface area contributed by atoms with Crippen LogP contribution in [-0.4, -0.2) is 18.5 Å². The van der Waals surface area contributed by atoms with Crippen molar-refractivity contribution in [3.63, 3.8) is 0 Å². The predicted octanol–water partition coefficient (Wildman–Crippen LogP) is 1.28. The average molecular weight is 198 g/mol. The molecule has 3 nitrogen and oxygen atoms in total. The highest BCUT2D eigenvalue weighted by Gasteiger charge is 2.29. The van der Waals surface area contributed by atoms with E-state index >= 15 is 0 Å². The first-order chi connectivity index (χ1) is 6.63. The van der Waals surface area contributed by atoms with Gasteiger partial charge in [0.2, 0.25) is 5.91 Å². The maximum absolute atomic E-state index is 11.4. The van der Waals surface area contributed by atoms with Gasteiger partial charge in [0.1, 0.15) is 0 Å². The lowest BCUT2D eigenvalue weighted by Crippen LogP contribution is -2.34. The summed E-state index contributed by atoms with van der Waals surface area (Å²) >= 11 is 0. The van der Waals surface area contributed by atoms with Gasteiger partial charge in [0.25, 0.3) is 0 Å². The molecule has 1 fully saturated rings. The number of hydrogen-bond donors (Lipinski definition) is 2. The van der Waals surface area contributed by atoms with E-state index in [2.05, 4.69) is 19.2 Å². The van der Waals surface area contributed by atoms with Gasteiger partial charge in [-0.05, 0) is 24.7 Å². The summed E-state index contributed by atoms with van der Waals surface area (Å²) in [6.07, 6.45) is 4.02. The predicted molar refractivity (Wildman–Crippen MR) is 57.8 cm³/mol. The molecule has 14 heavy (non-hydrogen) atoms. The van der Waals surface area contributed by atoms with E-state index in [9.17, 15) is 4.79 Å². The second-order valence-electron chi connectivity index (χ2n) is 4.52. The molecule has 0 heterocycles. The normalized spacial score (nSPS) is 20.2. The Hall–Kier alpha value is -0.570. The molecule has 0 bridgehead atoms. The molecule has 0 aromatic rings. The van der Waals surface area contributed by atoms with E-state index in [0.717, 1.165) is 13.0 Å². The van der Waals surface area contributed by atoms with E-state index in [4.69, 9.17) is 5.73 Å². The van der Waals surface area contributed by atoms with Crippen LogP contribution in [0.4, 0.5) is 0 Å². The molecule has 3 N–H and O–H groups in total. The second kappa shape index (κ2) is 5.35. The van der Waals surface area contributed by atoms with Crippen molar-refractivity contribution in [2.45, 2.75) is 45.6 Å². The van der Waals surface area contributed by atoms with E-state index in [1.165, 1.54) is 12.8 Å². The van der Waals surface area contributed by atoms with Gasteiger partial charge in [-0.25, -0.2) is 0 Å². The van der Waals surface area contributed by atoms with Crippen LogP contribution >= 0.6 is 0 Å². The Labute approximate surface area is 86.4 Å². The maximum Gasteiger partial charge on any atom is 0.221 e. The Balaban J connectivity index is 2.08. The van der Waals surface area contributed by atoms with Gasteiger partial charge >= 0.3 is 0 Å². The molecule has 0 aromatic heterocycles. The Morgan fingerprint density at radius 2 is 2.21 bits per heavy atom. The number of carbonyl (C=O) groups excluding carboxylic acids is 1. The van der Waals surface area contributed by atoms with Crippen LogP contribution in [0.25, 0.3) is 0 Å². The fourth-order valence-corrected chi connectivity index (χ4v) is 1.41. The lowest BCUT2D eigenvalue weighted by Gasteiger charge is -2.13. The van der Waals surface area contributed by atoms with E-state index in [1.807, 2.05) is 0 Å². The van der Waals surface area contributed by atoms with Crippen molar-refractivity contribution in [3.8, 4) is 0 Å². The van der Waals surface area contributed by atoms with Gasteiger partial charge in [0.05, 0.1) is 0 Å². The quantitative estimate of drug-likeness (QED) is 0.675. The molecule has 0 aromatic carbocycles. The van der Waals surface area contributed by atoms with Crippen LogP contribution < -0.4 is 11.1 Å². The average Bonchev–Trinajstić information content (AvgIpc) is 2.97. The van der Waals surface area contributed by atoms with Crippen LogP contribution in [0.15, 0.2) is 0 Å². The molecule has 0 saturated heterocycles. The first-order valence-electron chi connectivity index (χ1n) is 5.65. The zero-order chi connectivity index (χ0) is 10.6. The zero-order valence-electron chi connectivity index (χ0n) is 9.25. The molecule has 2 atom stereocenters. The molecule has 1 saturated carbocycles. The van der Waals surface area contributed by atoms with Gasteiger partial charge in [-0.1, -0.05) is 20.3 Å². The molecular weight excluding hydrogens is 176 g/mol. The smallest absolute Gasteiger partial charge is 0.221 e. The van der Waals surface area contributed by atoms with Crippen LogP contribution in [0.1, 0.15) is 39.5 Å². The minimum Gasteiger partial charge on any atom is -0.356 e. The maximum atomic E-state index is 11.4. The minimum absolute atomic E-state index is 0.0898. The lowest BCUT2D eigenvalue weighted by molar-refractivity contribution is -0.121. The third-order valence-corrected chi connectivity index (χ3v) is 2.99. The van der Waals surface area contributed by atoms with Crippen LogP contribution in [0.2, 0.25) is 0 Å². The van der Waals surface area contributed by atoms with Gasteiger partial charge in [-0.2, -0.15) is 0 Å². The highest BCUT2D eigenvalue weighted by atomic mass is 16.1. The Morgan fingerprint density at radius 1 is 1.57 bits per heavy atom. The SMILES string of the molecule is CCC(C)CNC(=O)CC(N)C1CC1. The molecule has 1 rings (SSSR count). The standard InChI is InChI=1S/C11H22N2O/c1-3-8(2)7-13-11(14)6-10(12)9-4-5-9/h8-10H,3-7,12H2,1-2H3,(H,13,14).